The zero-order valence-corrected chi connectivity index (χ0v) is 12.2. The van der Waals surface area contributed by atoms with Crippen molar-refractivity contribution < 1.29 is 14.3 Å². The maximum Gasteiger partial charge on any atom is 0.216 e. The SMILES string of the molecule is CC(=O)NCCNCC(=O)c1ccc(OC(C)C)cc1. The Hall–Kier alpha value is -1.88. The van der Waals surface area contributed by atoms with Gasteiger partial charge in [-0.05, 0) is 38.1 Å². The lowest BCUT2D eigenvalue weighted by Crippen LogP contribution is -2.32. The monoisotopic (exact) mass is 278 g/mol. The predicted octanol–water partition coefficient (Wildman–Crippen LogP) is 1.38. The van der Waals surface area contributed by atoms with E-state index in [0.717, 1.165) is 5.75 Å². The van der Waals surface area contributed by atoms with Crippen molar-refractivity contribution in [1.29, 1.82) is 0 Å². The molecule has 0 spiro atoms. The standard InChI is InChI=1S/C15H22N2O3/c1-11(2)20-14-6-4-13(5-7-14)15(19)10-16-8-9-17-12(3)18/h4-7,11,16H,8-10H2,1-3H3,(H,17,18). The first-order valence-electron chi connectivity index (χ1n) is 6.74. The van der Waals surface area contributed by atoms with Crippen molar-refractivity contribution in [2.75, 3.05) is 19.6 Å². The molecule has 0 aliphatic heterocycles. The first kappa shape index (κ1) is 16.2. The molecule has 2 N–H and O–H groups in total. The Labute approximate surface area is 119 Å². The van der Waals surface area contributed by atoms with E-state index >= 15 is 0 Å². The summed E-state index contributed by atoms with van der Waals surface area (Å²) in [7, 11) is 0. The fourth-order valence-corrected chi connectivity index (χ4v) is 1.62. The molecule has 1 amide bonds. The van der Waals surface area contributed by atoms with Gasteiger partial charge in [0, 0.05) is 25.6 Å². The maximum absolute atomic E-state index is 11.9. The number of benzene rings is 1. The van der Waals surface area contributed by atoms with Crippen LogP contribution in [0.1, 0.15) is 31.1 Å². The van der Waals surface area contributed by atoms with Gasteiger partial charge in [-0.3, -0.25) is 9.59 Å². The molecule has 110 valence electrons. The number of amides is 1. The van der Waals surface area contributed by atoms with Gasteiger partial charge in [0.05, 0.1) is 12.6 Å². The Bertz CT molecular complexity index is 441. The van der Waals surface area contributed by atoms with E-state index in [1.54, 1.807) is 24.3 Å². The lowest BCUT2D eigenvalue weighted by atomic mass is 10.1. The summed E-state index contributed by atoms with van der Waals surface area (Å²) in [6.45, 7) is 6.72. The summed E-state index contributed by atoms with van der Waals surface area (Å²) in [4.78, 5) is 22.5. The van der Waals surface area contributed by atoms with Crippen LogP contribution in [-0.4, -0.2) is 37.4 Å². The Kier molecular flexibility index (Phi) is 6.73. The van der Waals surface area contributed by atoms with Crippen LogP contribution in [0.2, 0.25) is 0 Å². The number of ketones is 1. The molecule has 0 radical (unpaired) electrons. The molecule has 0 atom stereocenters. The Morgan fingerprint density at radius 1 is 1.15 bits per heavy atom. The molecule has 0 aliphatic carbocycles. The first-order valence-corrected chi connectivity index (χ1v) is 6.74. The predicted molar refractivity (Wildman–Crippen MR) is 78.1 cm³/mol. The minimum Gasteiger partial charge on any atom is -0.491 e. The van der Waals surface area contributed by atoms with E-state index in [2.05, 4.69) is 10.6 Å². The lowest BCUT2D eigenvalue weighted by molar-refractivity contribution is -0.118. The molecule has 1 rings (SSSR count). The van der Waals surface area contributed by atoms with E-state index in [1.165, 1.54) is 6.92 Å². The van der Waals surface area contributed by atoms with Crippen LogP contribution in [0.3, 0.4) is 0 Å². The van der Waals surface area contributed by atoms with Crippen molar-refractivity contribution in [2.45, 2.75) is 26.9 Å². The van der Waals surface area contributed by atoms with Crippen LogP contribution in [0, 0.1) is 0 Å². The van der Waals surface area contributed by atoms with E-state index in [-0.39, 0.29) is 24.3 Å². The fourth-order valence-electron chi connectivity index (χ4n) is 1.62. The second kappa shape index (κ2) is 8.32. The molecule has 0 bridgehead atoms. The van der Waals surface area contributed by atoms with Crippen molar-refractivity contribution in [3.05, 3.63) is 29.8 Å². The molecule has 5 nitrogen and oxygen atoms in total. The van der Waals surface area contributed by atoms with E-state index in [0.29, 0.717) is 18.7 Å². The van der Waals surface area contributed by atoms with Crippen molar-refractivity contribution in [3.8, 4) is 5.75 Å². The molecule has 0 saturated carbocycles. The van der Waals surface area contributed by atoms with Gasteiger partial charge in [-0.25, -0.2) is 0 Å². The van der Waals surface area contributed by atoms with Crippen LogP contribution in [0.15, 0.2) is 24.3 Å². The Morgan fingerprint density at radius 3 is 2.35 bits per heavy atom. The van der Waals surface area contributed by atoms with Crippen molar-refractivity contribution >= 4 is 11.7 Å². The number of ether oxygens (including phenoxy) is 1. The van der Waals surface area contributed by atoms with Gasteiger partial charge < -0.3 is 15.4 Å². The summed E-state index contributed by atoms with van der Waals surface area (Å²) in [5.41, 5.74) is 0.646. The van der Waals surface area contributed by atoms with Crippen LogP contribution in [0.4, 0.5) is 0 Å². The van der Waals surface area contributed by atoms with Gasteiger partial charge in [0.1, 0.15) is 5.75 Å². The number of carbonyl (C=O) groups excluding carboxylic acids is 2. The van der Waals surface area contributed by atoms with E-state index in [1.807, 2.05) is 13.8 Å². The summed E-state index contributed by atoms with van der Waals surface area (Å²) in [6.07, 6.45) is 0.118. The van der Waals surface area contributed by atoms with Crippen molar-refractivity contribution in [1.82, 2.24) is 10.6 Å². The minimum atomic E-state index is -0.0705. The van der Waals surface area contributed by atoms with E-state index in [9.17, 15) is 9.59 Å². The Balaban J connectivity index is 2.34. The van der Waals surface area contributed by atoms with Gasteiger partial charge in [0.2, 0.25) is 5.91 Å². The van der Waals surface area contributed by atoms with Crippen molar-refractivity contribution in [3.63, 3.8) is 0 Å². The number of rotatable bonds is 8. The van der Waals surface area contributed by atoms with Gasteiger partial charge in [0.15, 0.2) is 5.78 Å². The third-order valence-corrected chi connectivity index (χ3v) is 2.51. The molecule has 1 aromatic rings. The zero-order chi connectivity index (χ0) is 15.0. The fraction of sp³-hybridized carbons (Fsp3) is 0.467. The molecule has 0 fully saturated rings. The summed E-state index contributed by atoms with van der Waals surface area (Å²) in [5, 5.41) is 5.65. The zero-order valence-electron chi connectivity index (χ0n) is 12.2. The molecule has 0 unspecified atom stereocenters. The molecule has 0 aliphatic rings. The highest BCUT2D eigenvalue weighted by Crippen LogP contribution is 2.13. The maximum atomic E-state index is 11.9. The number of Topliss-reactive ketones (excluding diaryl/α,β-unsaturated/α-hetero) is 1. The number of carbonyl (C=O) groups is 2. The normalized spacial score (nSPS) is 10.4. The first-order chi connectivity index (χ1) is 9.49. The summed E-state index contributed by atoms with van der Waals surface area (Å²) in [6, 6.07) is 7.11. The van der Waals surface area contributed by atoms with Gasteiger partial charge in [-0.1, -0.05) is 0 Å². The van der Waals surface area contributed by atoms with Crippen LogP contribution < -0.4 is 15.4 Å². The molecular formula is C15H22N2O3. The van der Waals surface area contributed by atoms with Crippen LogP contribution in [0.5, 0.6) is 5.75 Å². The van der Waals surface area contributed by atoms with Crippen LogP contribution in [0.25, 0.3) is 0 Å². The van der Waals surface area contributed by atoms with E-state index < -0.39 is 0 Å². The second-order valence-electron chi connectivity index (χ2n) is 4.77. The van der Waals surface area contributed by atoms with Crippen molar-refractivity contribution in [2.24, 2.45) is 0 Å². The molecule has 5 heteroatoms. The third kappa shape index (κ3) is 6.33. The van der Waals surface area contributed by atoms with Gasteiger partial charge >= 0.3 is 0 Å². The third-order valence-electron chi connectivity index (χ3n) is 2.51. The largest absolute Gasteiger partial charge is 0.491 e. The number of nitrogens with one attached hydrogen (secondary N) is 2. The number of hydrogen-bond acceptors (Lipinski definition) is 4. The van der Waals surface area contributed by atoms with Crippen LogP contribution >= 0.6 is 0 Å². The molecule has 0 saturated heterocycles. The highest BCUT2D eigenvalue weighted by atomic mass is 16.5. The van der Waals surface area contributed by atoms with Gasteiger partial charge in [-0.2, -0.15) is 0 Å². The average Bonchev–Trinajstić information content (AvgIpc) is 2.38. The molecular weight excluding hydrogens is 256 g/mol. The van der Waals surface area contributed by atoms with E-state index in [4.69, 9.17) is 4.74 Å². The summed E-state index contributed by atoms with van der Waals surface area (Å²) >= 11 is 0. The lowest BCUT2D eigenvalue weighted by Gasteiger charge is -2.10. The topological polar surface area (TPSA) is 67.4 Å². The van der Waals surface area contributed by atoms with Gasteiger partial charge in [0.25, 0.3) is 0 Å². The molecule has 1 aromatic carbocycles. The quantitative estimate of drug-likeness (QED) is 0.557. The number of hydrogen-bond donors (Lipinski definition) is 2. The highest BCUT2D eigenvalue weighted by Gasteiger charge is 2.06. The second-order valence-corrected chi connectivity index (χ2v) is 4.77. The van der Waals surface area contributed by atoms with Crippen LogP contribution in [-0.2, 0) is 4.79 Å². The van der Waals surface area contributed by atoms with Gasteiger partial charge in [-0.15, -0.1) is 0 Å². The smallest absolute Gasteiger partial charge is 0.216 e. The molecule has 20 heavy (non-hydrogen) atoms. The summed E-state index contributed by atoms with van der Waals surface area (Å²) < 4.78 is 5.52. The average molecular weight is 278 g/mol. The molecule has 0 aromatic heterocycles. The summed E-state index contributed by atoms with van der Waals surface area (Å²) in [5.74, 6) is 0.706. The minimum absolute atomic E-state index is 0.0175. The highest BCUT2D eigenvalue weighted by molar-refractivity contribution is 5.97. The molecule has 0 heterocycles. The Morgan fingerprint density at radius 2 is 1.80 bits per heavy atom.